The topological polar surface area (TPSA) is 90.4 Å². The molecule has 0 aromatic carbocycles. The second kappa shape index (κ2) is 3.41. The van der Waals surface area contributed by atoms with Gasteiger partial charge >= 0.3 is 0 Å². The molecule has 82 valence electrons. The van der Waals surface area contributed by atoms with Gasteiger partial charge in [0.25, 0.3) is 5.91 Å². The van der Waals surface area contributed by atoms with Crippen molar-refractivity contribution < 1.29 is 9.59 Å². The zero-order chi connectivity index (χ0) is 11.9. The Balaban J connectivity index is 2.78. The highest BCUT2D eigenvalue weighted by Gasteiger charge is 2.15. The first-order chi connectivity index (χ1) is 7.52. The van der Waals surface area contributed by atoms with E-state index in [0.29, 0.717) is 16.9 Å². The number of aromatic nitrogens is 3. The van der Waals surface area contributed by atoms with Crippen LogP contribution < -0.4 is 5.73 Å². The van der Waals surface area contributed by atoms with E-state index in [1.165, 1.54) is 23.8 Å². The quantitative estimate of drug-likeness (QED) is 0.736. The molecule has 0 aliphatic heterocycles. The van der Waals surface area contributed by atoms with Gasteiger partial charge in [0.2, 0.25) is 0 Å². The number of hydrogen-bond acceptors (Lipinski definition) is 4. The smallest absolute Gasteiger partial charge is 0.254 e. The normalized spacial score (nSPS) is 10.6. The molecular weight excluding hydrogens is 208 g/mol. The minimum absolute atomic E-state index is 0.0944. The molecule has 0 radical (unpaired) electrons. The first kappa shape index (κ1) is 10.3. The highest BCUT2D eigenvalue weighted by Crippen LogP contribution is 2.13. The lowest BCUT2D eigenvalue weighted by atomic mass is 10.2. The summed E-state index contributed by atoms with van der Waals surface area (Å²) in [6, 6.07) is 0. The molecule has 0 bridgehead atoms. The Labute approximate surface area is 91.1 Å². The van der Waals surface area contributed by atoms with E-state index in [1.54, 1.807) is 6.92 Å². The van der Waals surface area contributed by atoms with Gasteiger partial charge in [-0.25, -0.2) is 9.50 Å². The summed E-state index contributed by atoms with van der Waals surface area (Å²) < 4.78 is 1.44. The Hall–Kier alpha value is -2.24. The molecule has 2 heterocycles. The molecule has 0 unspecified atom stereocenters. The van der Waals surface area contributed by atoms with Crippen LogP contribution in [0.3, 0.4) is 0 Å². The maximum Gasteiger partial charge on any atom is 0.254 e. The summed E-state index contributed by atoms with van der Waals surface area (Å²) >= 11 is 0. The summed E-state index contributed by atoms with van der Waals surface area (Å²) in [6.45, 7) is 3.19. The van der Waals surface area contributed by atoms with Crippen molar-refractivity contribution >= 4 is 17.3 Å². The minimum atomic E-state index is -0.586. The molecule has 2 rings (SSSR count). The molecule has 0 spiro atoms. The van der Waals surface area contributed by atoms with Crippen LogP contribution in [0, 0.1) is 6.92 Å². The maximum atomic E-state index is 11.3. The van der Waals surface area contributed by atoms with Crippen LogP contribution in [0.2, 0.25) is 0 Å². The summed E-state index contributed by atoms with van der Waals surface area (Å²) in [5.41, 5.74) is 6.91. The fourth-order valence-electron chi connectivity index (χ4n) is 1.56. The standard InChI is InChI=1S/C10H10N4O2/c1-5-7(6(2)15)3-12-10-8(9(11)16)4-13-14(5)10/h3-4H,1-2H3,(H2,11,16). The van der Waals surface area contributed by atoms with Gasteiger partial charge in [-0.05, 0) is 13.8 Å². The van der Waals surface area contributed by atoms with Crippen molar-refractivity contribution in [3.8, 4) is 0 Å². The molecular formula is C10H10N4O2. The second-order valence-corrected chi connectivity index (χ2v) is 3.47. The molecule has 6 nitrogen and oxygen atoms in total. The molecule has 2 N–H and O–H groups in total. The minimum Gasteiger partial charge on any atom is -0.365 e. The molecule has 1 amide bonds. The SMILES string of the molecule is CC(=O)c1cnc2c(C(N)=O)cnn2c1C. The molecule has 16 heavy (non-hydrogen) atoms. The van der Waals surface area contributed by atoms with Crippen molar-refractivity contribution in [2.75, 3.05) is 0 Å². The number of rotatable bonds is 2. The summed E-state index contributed by atoms with van der Waals surface area (Å²) in [6.07, 6.45) is 2.78. The number of fused-ring (bicyclic) bond motifs is 1. The first-order valence-electron chi connectivity index (χ1n) is 4.66. The van der Waals surface area contributed by atoms with E-state index in [1.807, 2.05) is 0 Å². The van der Waals surface area contributed by atoms with Crippen LogP contribution in [0.25, 0.3) is 5.65 Å². The summed E-state index contributed by atoms with van der Waals surface area (Å²) in [7, 11) is 0. The maximum absolute atomic E-state index is 11.3. The predicted octanol–water partition coefficient (Wildman–Crippen LogP) is 0.339. The van der Waals surface area contributed by atoms with E-state index in [0.717, 1.165) is 0 Å². The lowest BCUT2D eigenvalue weighted by molar-refractivity contribution is 0.0997. The number of amides is 1. The second-order valence-electron chi connectivity index (χ2n) is 3.47. The summed E-state index contributed by atoms with van der Waals surface area (Å²) in [4.78, 5) is 26.4. The number of carbonyl (C=O) groups is 2. The third-order valence-electron chi connectivity index (χ3n) is 2.41. The first-order valence-corrected chi connectivity index (χ1v) is 4.66. The van der Waals surface area contributed by atoms with Gasteiger partial charge in [-0.3, -0.25) is 9.59 Å². The molecule has 2 aromatic heterocycles. The van der Waals surface area contributed by atoms with Crippen LogP contribution in [0.15, 0.2) is 12.4 Å². The lowest BCUT2D eigenvalue weighted by Gasteiger charge is -2.03. The van der Waals surface area contributed by atoms with Crippen LogP contribution in [0.1, 0.15) is 33.3 Å². The van der Waals surface area contributed by atoms with Gasteiger partial charge in [0.1, 0.15) is 5.56 Å². The van der Waals surface area contributed by atoms with Gasteiger partial charge in [-0.2, -0.15) is 5.10 Å². The van der Waals surface area contributed by atoms with Crippen LogP contribution in [0.4, 0.5) is 0 Å². The molecule has 0 saturated heterocycles. The number of hydrogen-bond donors (Lipinski definition) is 1. The van der Waals surface area contributed by atoms with Gasteiger partial charge in [0.05, 0.1) is 17.5 Å². The van der Waals surface area contributed by atoms with Crippen molar-refractivity contribution in [2.24, 2.45) is 5.73 Å². The fourth-order valence-corrected chi connectivity index (χ4v) is 1.56. The monoisotopic (exact) mass is 218 g/mol. The third-order valence-corrected chi connectivity index (χ3v) is 2.41. The van der Waals surface area contributed by atoms with Gasteiger partial charge in [0.15, 0.2) is 11.4 Å². The van der Waals surface area contributed by atoms with Crippen LogP contribution in [-0.4, -0.2) is 26.3 Å². The Morgan fingerprint density at radius 2 is 2.00 bits per heavy atom. The van der Waals surface area contributed by atoms with E-state index in [4.69, 9.17) is 5.73 Å². The number of Topliss-reactive ketones (excluding diaryl/α,β-unsaturated/α-hetero) is 1. The number of nitrogens with two attached hydrogens (primary N) is 1. The summed E-state index contributed by atoms with van der Waals surface area (Å²) in [5, 5.41) is 3.98. The van der Waals surface area contributed by atoms with Crippen LogP contribution in [0.5, 0.6) is 0 Å². The molecule has 0 aliphatic rings. The summed E-state index contributed by atoms with van der Waals surface area (Å²) in [5.74, 6) is -0.680. The molecule has 6 heteroatoms. The predicted molar refractivity (Wildman–Crippen MR) is 56.2 cm³/mol. The van der Waals surface area contributed by atoms with Gasteiger partial charge in [0, 0.05) is 6.20 Å². The Kier molecular flexibility index (Phi) is 2.19. The number of ketones is 1. The molecule has 0 aliphatic carbocycles. The Bertz CT molecular complexity index is 600. The van der Waals surface area contributed by atoms with Gasteiger partial charge in [-0.1, -0.05) is 0 Å². The van der Waals surface area contributed by atoms with Crippen LogP contribution in [-0.2, 0) is 0 Å². The number of carbonyl (C=O) groups excluding carboxylic acids is 2. The average Bonchev–Trinajstić information content (AvgIpc) is 2.61. The molecule has 0 atom stereocenters. The largest absolute Gasteiger partial charge is 0.365 e. The van der Waals surface area contributed by atoms with Crippen molar-refractivity contribution in [1.82, 2.24) is 14.6 Å². The molecule has 2 aromatic rings. The Morgan fingerprint density at radius 1 is 1.31 bits per heavy atom. The van der Waals surface area contributed by atoms with Crippen molar-refractivity contribution in [2.45, 2.75) is 13.8 Å². The highest BCUT2D eigenvalue weighted by atomic mass is 16.1. The van der Waals surface area contributed by atoms with Gasteiger partial charge in [-0.15, -0.1) is 0 Å². The number of nitrogens with zero attached hydrogens (tertiary/aromatic N) is 3. The van der Waals surface area contributed by atoms with Crippen LogP contribution >= 0.6 is 0 Å². The molecule has 0 saturated carbocycles. The third kappa shape index (κ3) is 1.35. The van der Waals surface area contributed by atoms with E-state index in [2.05, 4.69) is 10.1 Å². The van der Waals surface area contributed by atoms with E-state index >= 15 is 0 Å². The number of primary amides is 1. The average molecular weight is 218 g/mol. The fraction of sp³-hybridized carbons (Fsp3) is 0.200. The Morgan fingerprint density at radius 3 is 2.56 bits per heavy atom. The van der Waals surface area contributed by atoms with E-state index in [9.17, 15) is 9.59 Å². The number of aryl methyl sites for hydroxylation is 1. The van der Waals surface area contributed by atoms with E-state index < -0.39 is 5.91 Å². The lowest BCUT2D eigenvalue weighted by Crippen LogP contribution is -2.12. The van der Waals surface area contributed by atoms with Gasteiger partial charge < -0.3 is 5.73 Å². The highest BCUT2D eigenvalue weighted by molar-refractivity contribution is 5.99. The van der Waals surface area contributed by atoms with Crippen molar-refractivity contribution in [3.63, 3.8) is 0 Å². The van der Waals surface area contributed by atoms with Crippen molar-refractivity contribution in [3.05, 3.63) is 29.2 Å². The zero-order valence-corrected chi connectivity index (χ0v) is 8.89. The van der Waals surface area contributed by atoms with Crippen molar-refractivity contribution in [1.29, 1.82) is 0 Å². The zero-order valence-electron chi connectivity index (χ0n) is 8.89. The van der Waals surface area contributed by atoms with E-state index in [-0.39, 0.29) is 11.3 Å². The molecule has 0 fully saturated rings.